The van der Waals surface area contributed by atoms with E-state index in [0.29, 0.717) is 12.1 Å². The first-order valence-corrected chi connectivity index (χ1v) is 5.15. The van der Waals surface area contributed by atoms with Gasteiger partial charge in [0.05, 0.1) is 12.6 Å². The van der Waals surface area contributed by atoms with Gasteiger partial charge in [0.25, 0.3) is 0 Å². The van der Waals surface area contributed by atoms with Gasteiger partial charge in [-0.3, -0.25) is 9.47 Å². The van der Waals surface area contributed by atoms with Gasteiger partial charge in [-0.1, -0.05) is 6.92 Å². The standard InChI is InChI=1S/C12H14N2O2/c1-3-12(15)11-7-8-6-9(16-2)4-5-10(8)14(11)13/h4-7H,3,13H2,1-2H3. The van der Waals surface area contributed by atoms with Gasteiger partial charge in [0.15, 0.2) is 5.78 Å². The third kappa shape index (κ3) is 1.52. The van der Waals surface area contributed by atoms with Crippen LogP contribution in [0.15, 0.2) is 24.3 Å². The third-order valence-electron chi connectivity index (χ3n) is 2.65. The van der Waals surface area contributed by atoms with Gasteiger partial charge in [-0.05, 0) is 24.3 Å². The van der Waals surface area contributed by atoms with Crippen molar-refractivity contribution < 1.29 is 9.53 Å². The Labute approximate surface area is 93.6 Å². The summed E-state index contributed by atoms with van der Waals surface area (Å²) < 4.78 is 6.55. The molecule has 0 bridgehead atoms. The highest BCUT2D eigenvalue weighted by Crippen LogP contribution is 2.23. The van der Waals surface area contributed by atoms with Gasteiger partial charge in [0.2, 0.25) is 0 Å². The third-order valence-corrected chi connectivity index (χ3v) is 2.65. The van der Waals surface area contributed by atoms with E-state index in [2.05, 4.69) is 0 Å². The van der Waals surface area contributed by atoms with E-state index in [1.807, 2.05) is 25.1 Å². The number of benzene rings is 1. The first kappa shape index (κ1) is 10.5. The normalized spacial score (nSPS) is 10.6. The minimum Gasteiger partial charge on any atom is -0.497 e. The largest absolute Gasteiger partial charge is 0.497 e. The molecule has 0 amide bonds. The Morgan fingerprint density at radius 2 is 2.19 bits per heavy atom. The number of aromatic nitrogens is 1. The van der Waals surface area contributed by atoms with E-state index in [1.54, 1.807) is 13.2 Å². The van der Waals surface area contributed by atoms with E-state index in [4.69, 9.17) is 10.6 Å². The Hall–Kier alpha value is -1.97. The summed E-state index contributed by atoms with van der Waals surface area (Å²) in [6.45, 7) is 1.82. The number of ketones is 1. The number of nitrogen functional groups attached to an aromatic ring is 1. The SMILES string of the molecule is CCC(=O)c1cc2cc(OC)ccc2n1N. The molecular formula is C12H14N2O2. The van der Waals surface area contributed by atoms with Crippen molar-refractivity contribution in [2.75, 3.05) is 13.0 Å². The number of nitrogens with zero attached hydrogens (tertiary/aromatic N) is 1. The molecule has 0 saturated carbocycles. The van der Waals surface area contributed by atoms with Gasteiger partial charge < -0.3 is 10.6 Å². The average Bonchev–Trinajstić information content (AvgIpc) is 2.65. The molecule has 0 aliphatic rings. The zero-order chi connectivity index (χ0) is 11.7. The summed E-state index contributed by atoms with van der Waals surface area (Å²) in [5.74, 6) is 6.66. The molecule has 1 heterocycles. The lowest BCUT2D eigenvalue weighted by Gasteiger charge is -2.02. The van der Waals surface area contributed by atoms with Crippen molar-refractivity contribution in [3.8, 4) is 5.75 Å². The van der Waals surface area contributed by atoms with Crippen LogP contribution < -0.4 is 10.6 Å². The Morgan fingerprint density at radius 1 is 1.44 bits per heavy atom. The topological polar surface area (TPSA) is 57.2 Å². The van der Waals surface area contributed by atoms with Gasteiger partial charge in [0.1, 0.15) is 11.4 Å². The highest BCUT2D eigenvalue weighted by molar-refractivity contribution is 6.00. The van der Waals surface area contributed by atoms with E-state index in [0.717, 1.165) is 16.7 Å². The van der Waals surface area contributed by atoms with Crippen LogP contribution in [-0.2, 0) is 0 Å². The molecule has 0 radical (unpaired) electrons. The zero-order valence-corrected chi connectivity index (χ0v) is 9.36. The van der Waals surface area contributed by atoms with Crippen LogP contribution in [-0.4, -0.2) is 17.6 Å². The molecule has 2 aromatic rings. The van der Waals surface area contributed by atoms with Crippen LogP contribution in [0.2, 0.25) is 0 Å². The molecule has 0 saturated heterocycles. The highest BCUT2D eigenvalue weighted by Gasteiger charge is 2.12. The monoisotopic (exact) mass is 218 g/mol. The lowest BCUT2D eigenvalue weighted by Crippen LogP contribution is -2.15. The Morgan fingerprint density at radius 3 is 2.81 bits per heavy atom. The molecule has 4 heteroatoms. The quantitative estimate of drug-likeness (QED) is 0.632. The fourth-order valence-corrected chi connectivity index (χ4v) is 1.74. The van der Waals surface area contributed by atoms with E-state index >= 15 is 0 Å². The van der Waals surface area contributed by atoms with Crippen LogP contribution in [0.5, 0.6) is 5.75 Å². The molecule has 0 atom stereocenters. The number of ether oxygens (including phenoxy) is 1. The van der Waals surface area contributed by atoms with E-state index in [9.17, 15) is 4.79 Å². The lowest BCUT2D eigenvalue weighted by atomic mass is 10.2. The molecule has 0 aliphatic carbocycles. The highest BCUT2D eigenvalue weighted by atomic mass is 16.5. The number of Topliss-reactive ketones (excluding diaryl/α,β-unsaturated/α-hetero) is 1. The average molecular weight is 218 g/mol. The molecule has 16 heavy (non-hydrogen) atoms. The van der Waals surface area contributed by atoms with Crippen LogP contribution in [0.3, 0.4) is 0 Å². The van der Waals surface area contributed by atoms with Gasteiger partial charge in [-0.25, -0.2) is 0 Å². The summed E-state index contributed by atoms with van der Waals surface area (Å²) in [6, 6.07) is 7.33. The molecule has 1 aromatic carbocycles. The van der Waals surface area contributed by atoms with Crippen LogP contribution in [0.25, 0.3) is 10.9 Å². The molecule has 84 valence electrons. The maximum absolute atomic E-state index is 11.6. The summed E-state index contributed by atoms with van der Waals surface area (Å²) in [7, 11) is 1.61. The molecule has 0 fully saturated rings. The summed E-state index contributed by atoms with van der Waals surface area (Å²) in [5.41, 5.74) is 1.36. The van der Waals surface area contributed by atoms with E-state index < -0.39 is 0 Å². The molecular weight excluding hydrogens is 204 g/mol. The smallest absolute Gasteiger partial charge is 0.180 e. The number of hydrogen-bond donors (Lipinski definition) is 1. The maximum atomic E-state index is 11.6. The maximum Gasteiger partial charge on any atom is 0.180 e. The summed E-state index contributed by atoms with van der Waals surface area (Å²) in [6.07, 6.45) is 0.449. The summed E-state index contributed by atoms with van der Waals surface area (Å²) >= 11 is 0. The Bertz CT molecular complexity index is 543. The number of nitrogens with two attached hydrogens (primary N) is 1. The fraction of sp³-hybridized carbons (Fsp3) is 0.250. The number of carbonyl (C=O) groups is 1. The second-order valence-electron chi connectivity index (χ2n) is 3.60. The van der Waals surface area contributed by atoms with Gasteiger partial charge in [0, 0.05) is 11.8 Å². The molecule has 1 aromatic heterocycles. The number of rotatable bonds is 3. The Balaban J connectivity index is 2.63. The summed E-state index contributed by atoms with van der Waals surface area (Å²) in [5, 5.41) is 0.915. The lowest BCUT2D eigenvalue weighted by molar-refractivity contribution is 0.0981. The van der Waals surface area contributed by atoms with Crippen molar-refractivity contribution in [2.24, 2.45) is 0 Å². The number of fused-ring (bicyclic) bond motifs is 1. The predicted molar refractivity (Wildman–Crippen MR) is 63.3 cm³/mol. The zero-order valence-electron chi connectivity index (χ0n) is 9.36. The number of carbonyl (C=O) groups excluding carboxylic acids is 1. The molecule has 4 nitrogen and oxygen atoms in total. The van der Waals surface area contributed by atoms with Crippen LogP contribution in [0, 0.1) is 0 Å². The van der Waals surface area contributed by atoms with E-state index in [1.165, 1.54) is 4.68 Å². The minimum atomic E-state index is 0.0395. The minimum absolute atomic E-state index is 0.0395. The van der Waals surface area contributed by atoms with Crippen molar-refractivity contribution in [1.82, 2.24) is 4.68 Å². The van der Waals surface area contributed by atoms with Crippen molar-refractivity contribution >= 4 is 16.7 Å². The van der Waals surface area contributed by atoms with Gasteiger partial charge in [-0.15, -0.1) is 0 Å². The van der Waals surface area contributed by atoms with Crippen LogP contribution in [0.4, 0.5) is 0 Å². The first-order valence-electron chi connectivity index (χ1n) is 5.15. The van der Waals surface area contributed by atoms with Gasteiger partial charge >= 0.3 is 0 Å². The van der Waals surface area contributed by atoms with Crippen LogP contribution >= 0.6 is 0 Å². The van der Waals surface area contributed by atoms with Gasteiger partial charge in [-0.2, -0.15) is 0 Å². The number of hydrogen-bond acceptors (Lipinski definition) is 3. The van der Waals surface area contributed by atoms with E-state index in [-0.39, 0.29) is 5.78 Å². The second kappa shape index (κ2) is 3.89. The summed E-state index contributed by atoms with van der Waals surface area (Å²) in [4.78, 5) is 11.6. The molecule has 0 spiro atoms. The first-order chi connectivity index (χ1) is 7.67. The van der Waals surface area contributed by atoms with Crippen molar-refractivity contribution in [3.05, 3.63) is 30.0 Å². The van der Waals surface area contributed by atoms with Crippen LogP contribution in [0.1, 0.15) is 23.8 Å². The van der Waals surface area contributed by atoms with Crippen molar-refractivity contribution in [2.45, 2.75) is 13.3 Å². The molecule has 0 aliphatic heterocycles. The molecule has 0 unspecified atom stereocenters. The Kier molecular flexibility index (Phi) is 2.56. The van der Waals surface area contributed by atoms with Crippen molar-refractivity contribution in [3.63, 3.8) is 0 Å². The molecule has 2 N–H and O–H groups in total. The fourth-order valence-electron chi connectivity index (χ4n) is 1.74. The molecule has 2 rings (SSSR count). The second-order valence-corrected chi connectivity index (χ2v) is 3.60. The van der Waals surface area contributed by atoms with Crippen molar-refractivity contribution in [1.29, 1.82) is 0 Å². The number of methoxy groups -OCH3 is 1. The predicted octanol–water partition coefficient (Wildman–Crippen LogP) is 1.96.